The van der Waals surface area contributed by atoms with Gasteiger partial charge in [0.1, 0.15) is 0 Å². The highest BCUT2D eigenvalue weighted by molar-refractivity contribution is 14.1. The number of hydrogen-bond acceptors (Lipinski definition) is 1. The van der Waals surface area contributed by atoms with Crippen molar-refractivity contribution >= 4 is 28.5 Å². The van der Waals surface area contributed by atoms with E-state index in [-0.39, 0.29) is 5.91 Å². The van der Waals surface area contributed by atoms with Crippen LogP contribution in [0.25, 0.3) is 0 Å². The average Bonchev–Trinajstić information content (AvgIpc) is 2.69. The molecule has 2 N–H and O–H groups in total. The standard InChI is InChI=1S/C23H34INO/c1-17-11-13-20(22(23(25)26)18(2)21(17)15-16-24)14-12-19-9-7-5-3-4-6-8-10-19/h13,17,19,21H,3-11,15-16H2,1-2H3,(H2,25,26). The number of allylic oxidation sites excluding steroid dienone is 2. The Morgan fingerprint density at radius 3 is 2.38 bits per heavy atom. The van der Waals surface area contributed by atoms with Crippen molar-refractivity contribution in [1.29, 1.82) is 0 Å². The zero-order valence-corrected chi connectivity index (χ0v) is 18.6. The van der Waals surface area contributed by atoms with Crippen molar-refractivity contribution < 1.29 is 4.79 Å². The van der Waals surface area contributed by atoms with Crippen molar-refractivity contribution in [1.82, 2.24) is 0 Å². The molecule has 0 aromatic heterocycles. The van der Waals surface area contributed by atoms with E-state index in [1.54, 1.807) is 0 Å². The molecule has 0 aromatic rings. The van der Waals surface area contributed by atoms with Crippen LogP contribution in [0.15, 0.2) is 22.8 Å². The lowest BCUT2D eigenvalue weighted by Gasteiger charge is -2.23. The van der Waals surface area contributed by atoms with Gasteiger partial charge in [-0.1, -0.05) is 91.5 Å². The zero-order valence-electron chi connectivity index (χ0n) is 16.5. The third-order valence-corrected chi connectivity index (χ3v) is 6.66. The van der Waals surface area contributed by atoms with E-state index < -0.39 is 0 Å². The van der Waals surface area contributed by atoms with E-state index in [4.69, 9.17) is 5.73 Å². The fourth-order valence-electron chi connectivity index (χ4n) is 4.41. The molecule has 0 heterocycles. The van der Waals surface area contributed by atoms with Gasteiger partial charge in [-0.05, 0) is 44.4 Å². The summed E-state index contributed by atoms with van der Waals surface area (Å²) in [5, 5.41) is 0. The highest BCUT2D eigenvalue weighted by Crippen LogP contribution is 2.35. The molecule has 0 radical (unpaired) electrons. The number of primary amides is 1. The second-order valence-electron chi connectivity index (χ2n) is 8.00. The summed E-state index contributed by atoms with van der Waals surface area (Å²) < 4.78 is 1.10. The molecule has 26 heavy (non-hydrogen) atoms. The second-order valence-corrected chi connectivity index (χ2v) is 9.08. The Balaban J connectivity index is 2.27. The molecular formula is C23H34INO. The average molecular weight is 467 g/mol. The van der Waals surface area contributed by atoms with Gasteiger partial charge in [0.15, 0.2) is 0 Å². The van der Waals surface area contributed by atoms with Crippen LogP contribution < -0.4 is 5.73 Å². The van der Waals surface area contributed by atoms with Gasteiger partial charge in [0.2, 0.25) is 5.91 Å². The number of carbonyl (C=O) groups is 1. The third kappa shape index (κ3) is 6.15. The van der Waals surface area contributed by atoms with E-state index in [0.29, 0.717) is 23.3 Å². The quantitative estimate of drug-likeness (QED) is 0.311. The predicted molar refractivity (Wildman–Crippen MR) is 119 cm³/mol. The molecular weight excluding hydrogens is 433 g/mol. The molecule has 0 spiro atoms. The Labute approximate surface area is 173 Å². The van der Waals surface area contributed by atoms with Crippen LogP contribution in [0.4, 0.5) is 0 Å². The number of carbonyl (C=O) groups excluding carboxylic acids is 1. The first-order chi connectivity index (χ1) is 12.5. The van der Waals surface area contributed by atoms with Crippen molar-refractivity contribution in [3.05, 3.63) is 22.8 Å². The summed E-state index contributed by atoms with van der Waals surface area (Å²) in [6, 6.07) is 0. The largest absolute Gasteiger partial charge is 0.366 e. The molecule has 2 unspecified atom stereocenters. The lowest BCUT2D eigenvalue weighted by Crippen LogP contribution is -2.20. The van der Waals surface area contributed by atoms with Gasteiger partial charge >= 0.3 is 0 Å². The smallest absolute Gasteiger partial charge is 0.249 e. The number of hydrogen-bond donors (Lipinski definition) is 1. The Hall–Kier alpha value is -0.760. The van der Waals surface area contributed by atoms with E-state index in [1.165, 1.54) is 51.4 Å². The van der Waals surface area contributed by atoms with Crippen LogP contribution in [-0.4, -0.2) is 10.3 Å². The van der Waals surface area contributed by atoms with Crippen molar-refractivity contribution in [3.63, 3.8) is 0 Å². The number of nitrogens with two attached hydrogens (primary N) is 1. The minimum absolute atomic E-state index is 0.315. The molecule has 144 valence electrons. The van der Waals surface area contributed by atoms with Gasteiger partial charge < -0.3 is 5.73 Å². The SMILES string of the molecule is CC1=C(C(N)=O)C(C#CC2CCCCCCCC2)=CCC(C)C1CCI. The van der Waals surface area contributed by atoms with Crippen molar-refractivity contribution in [3.8, 4) is 11.8 Å². The summed E-state index contributed by atoms with van der Waals surface area (Å²) in [6.07, 6.45) is 14.6. The van der Waals surface area contributed by atoms with Gasteiger partial charge in [-0.3, -0.25) is 4.79 Å². The van der Waals surface area contributed by atoms with Crippen LogP contribution >= 0.6 is 22.6 Å². The van der Waals surface area contributed by atoms with Gasteiger partial charge in [-0.2, -0.15) is 0 Å². The highest BCUT2D eigenvalue weighted by Gasteiger charge is 2.27. The number of amides is 1. The maximum Gasteiger partial charge on any atom is 0.249 e. The molecule has 1 fully saturated rings. The van der Waals surface area contributed by atoms with E-state index in [2.05, 4.69) is 54.4 Å². The van der Waals surface area contributed by atoms with Gasteiger partial charge in [0, 0.05) is 15.9 Å². The van der Waals surface area contributed by atoms with Crippen LogP contribution in [-0.2, 0) is 4.79 Å². The highest BCUT2D eigenvalue weighted by atomic mass is 127. The molecule has 1 saturated carbocycles. The third-order valence-electron chi connectivity index (χ3n) is 6.03. The Bertz CT molecular complexity index is 597. The van der Waals surface area contributed by atoms with Crippen molar-refractivity contribution in [2.45, 2.75) is 78.1 Å². The Morgan fingerprint density at radius 2 is 1.81 bits per heavy atom. The summed E-state index contributed by atoms with van der Waals surface area (Å²) in [6.45, 7) is 4.37. The summed E-state index contributed by atoms with van der Waals surface area (Å²) in [7, 11) is 0. The van der Waals surface area contributed by atoms with Crippen LogP contribution in [0, 0.1) is 29.6 Å². The van der Waals surface area contributed by atoms with Gasteiger partial charge in [-0.25, -0.2) is 0 Å². The summed E-state index contributed by atoms with van der Waals surface area (Å²) >= 11 is 2.42. The summed E-state index contributed by atoms with van der Waals surface area (Å²) in [4.78, 5) is 12.2. The van der Waals surface area contributed by atoms with E-state index in [1.807, 2.05) is 0 Å². The fraction of sp³-hybridized carbons (Fsp3) is 0.696. The molecule has 0 aromatic carbocycles. The van der Waals surface area contributed by atoms with E-state index in [9.17, 15) is 4.79 Å². The fourth-order valence-corrected chi connectivity index (χ4v) is 5.08. The van der Waals surface area contributed by atoms with Crippen molar-refractivity contribution in [2.24, 2.45) is 23.5 Å². The monoisotopic (exact) mass is 467 g/mol. The van der Waals surface area contributed by atoms with Crippen molar-refractivity contribution in [2.75, 3.05) is 4.43 Å². The lowest BCUT2D eigenvalue weighted by molar-refractivity contribution is -0.114. The molecule has 2 aliphatic rings. The van der Waals surface area contributed by atoms with Gasteiger partial charge in [-0.15, -0.1) is 0 Å². The lowest BCUT2D eigenvalue weighted by atomic mass is 9.83. The minimum atomic E-state index is -0.315. The number of rotatable bonds is 3. The van der Waals surface area contributed by atoms with Crippen LogP contribution in [0.1, 0.15) is 78.1 Å². The van der Waals surface area contributed by atoms with Crippen LogP contribution in [0.3, 0.4) is 0 Å². The normalized spacial score (nSPS) is 25.9. The summed E-state index contributed by atoms with van der Waals surface area (Å²) in [5.41, 5.74) is 8.52. The molecule has 2 aliphatic carbocycles. The van der Waals surface area contributed by atoms with E-state index >= 15 is 0 Å². The molecule has 2 nitrogen and oxygen atoms in total. The molecule has 1 amide bonds. The minimum Gasteiger partial charge on any atom is -0.366 e. The molecule has 0 saturated heterocycles. The molecule has 2 atom stereocenters. The Kier molecular flexibility index (Phi) is 9.25. The summed E-state index contributed by atoms with van der Waals surface area (Å²) in [5.74, 6) is 8.02. The first kappa shape index (κ1) is 21.5. The zero-order chi connectivity index (χ0) is 18.9. The molecule has 0 aliphatic heterocycles. The first-order valence-corrected chi connectivity index (χ1v) is 11.9. The molecule has 3 heteroatoms. The number of halogens is 1. The number of alkyl halides is 1. The van der Waals surface area contributed by atoms with Gasteiger partial charge in [0.05, 0.1) is 5.57 Å². The predicted octanol–water partition coefficient (Wildman–Crippen LogP) is 5.95. The molecule has 2 rings (SSSR count). The second kappa shape index (κ2) is 11.2. The maximum absolute atomic E-state index is 12.2. The molecule has 0 bridgehead atoms. The topological polar surface area (TPSA) is 43.1 Å². The van der Waals surface area contributed by atoms with Crippen LogP contribution in [0.5, 0.6) is 0 Å². The maximum atomic E-state index is 12.2. The Morgan fingerprint density at radius 1 is 1.19 bits per heavy atom. The first-order valence-electron chi connectivity index (χ1n) is 10.3. The van der Waals surface area contributed by atoms with Gasteiger partial charge in [0.25, 0.3) is 0 Å². The van der Waals surface area contributed by atoms with Crippen LogP contribution in [0.2, 0.25) is 0 Å². The van der Waals surface area contributed by atoms with E-state index in [0.717, 1.165) is 28.4 Å².